The lowest BCUT2D eigenvalue weighted by Crippen LogP contribution is -2.25. The molecule has 0 aromatic heterocycles. The normalized spacial score (nSPS) is 10.9. The Balaban J connectivity index is 2.21. The number of amides is 1. The molecule has 0 heterocycles. The molecular formula is C18H19N3O3S. The number of nitriles is 1. The Morgan fingerprint density at radius 1 is 1.16 bits per heavy atom. The molecule has 0 saturated heterocycles. The van der Waals surface area contributed by atoms with Gasteiger partial charge in [-0.2, -0.15) is 5.26 Å². The quantitative estimate of drug-likeness (QED) is 0.744. The number of unbranched alkanes of at least 4 members (excludes halogenated alkanes) is 1. The Kier molecular flexibility index (Phi) is 6.28. The van der Waals surface area contributed by atoms with Crippen LogP contribution >= 0.6 is 0 Å². The zero-order valence-corrected chi connectivity index (χ0v) is 14.6. The van der Waals surface area contributed by atoms with Crippen LogP contribution in [0, 0.1) is 11.3 Å². The van der Waals surface area contributed by atoms with Crippen molar-refractivity contribution in [3.63, 3.8) is 0 Å². The van der Waals surface area contributed by atoms with Gasteiger partial charge in [0.1, 0.15) is 6.07 Å². The second-order valence-electron chi connectivity index (χ2n) is 5.39. The number of nitrogens with one attached hydrogen (secondary N) is 2. The summed E-state index contributed by atoms with van der Waals surface area (Å²) in [6.07, 6.45) is 1.62. The average Bonchev–Trinajstić information content (AvgIpc) is 2.62. The van der Waals surface area contributed by atoms with Gasteiger partial charge < -0.3 is 5.32 Å². The van der Waals surface area contributed by atoms with E-state index in [0.717, 1.165) is 12.8 Å². The molecule has 0 saturated carbocycles. The van der Waals surface area contributed by atoms with Crippen molar-refractivity contribution >= 4 is 21.6 Å². The Labute approximate surface area is 147 Å². The number of carbonyl (C=O) groups is 1. The summed E-state index contributed by atoms with van der Waals surface area (Å²) in [5, 5.41) is 11.7. The zero-order chi connectivity index (χ0) is 18.3. The van der Waals surface area contributed by atoms with Gasteiger partial charge in [0.05, 0.1) is 16.1 Å². The smallest absolute Gasteiger partial charge is 0.255 e. The largest absolute Gasteiger partial charge is 0.321 e. The van der Waals surface area contributed by atoms with Crippen LogP contribution in [-0.4, -0.2) is 20.9 Å². The molecule has 2 aromatic carbocycles. The molecule has 25 heavy (non-hydrogen) atoms. The SMILES string of the molecule is CCCCNS(=O)(=O)c1cccc(C(=O)Nc2ccccc2C#N)c1. The lowest BCUT2D eigenvalue weighted by Gasteiger charge is -2.09. The maximum atomic E-state index is 12.4. The Hall–Kier alpha value is -2.69. The third kappa shape index (κ3) is 4.89. The number of hydrogen-bond acceptors (Lipinski definition) is 4. The molecule has 2 N–H and O–H groups in total. The van der Waals surface area contributed by atoms with Crippen molar-refractivity contribution in [1.29, 1.82) is 5.26 Å². The third-order valence-electron chi connectivity index (χ3n) is 3.52. The molecule has 0 bridgehead atoms. The highest BCUT2D eigenvalue weighted by Crippen LogP contribution is 2.17. The van der Waals surface area contributed by atoms with Crippen molar-refractivity contribution in [1.82, 2.24) is 4.72 Å². The van der Waals surface area contributed by atoms with E-state index in [1.807, 2.05) is 13.0 Å². The van der Waals surface area contributed by atoms with Gasteiger partial charge in [0.2, 0.25) is 10.0 Å². The van der Waals surface area contributed by atoms with Gasteiger partial charge in [-0.3, -0.25) is 4.79 Å². The van der Waals surface area contributed by atoms with Crippen LogP contribution in [0.5, 0.6) is 0 Å². The molecule has 0 radical (unpaired) electrons. The van der Waals surface area contributed by atoms with Crippen LogP contribution < -0.4 is 10.0 Å². The Morgan fingerprint density at radius 3 is 2.64 bits per heavy atom. The Bertz CT molecular complexity index is 902. The van der Waals surface area contributed by atoms with Crippen LogP contribution in [0.4, 0.5) is 5.69 Å². The highest BCUT2D eigenvalue weighted by Gasteiger charge is 2.16. The van der Waals surface area contributed by atoms with E-state index in [1.165, 1.54) is 24.3 Å². The van der Waals surface area contributed by atoms with Crippen molar-refractivity contribution < 1.29 is 13.2 Å². The van der Waals surface area contributed by atoms with Crippen molar-refractivity contribution in [2.75, 3.05) is 11.9 Å². The summed E-state index contributed by atoms with van der Waals surface area (Å²) in [6.45, 7) is 2.32. The van der Waals surface area contributed by atoms with E-state index in [2.05, 4.69) is 10.0 Å². The van der Waals surface area contributed by atoms with Crippen LogP contribution in [0.25, 0.3) is 0 Å². The topological polar surface area (TPSA) is 99.1 Å². The van der Waals surface area contributed by atoms with Crippen LogP contribution in [0.1, 0.15) is 35.7 Å². The molecule has 130 valence electrons. The molecule has 0 aliphatic rings. The molecule has 0 unspecified atom stereocenters. The van der Waals surface area contributed by atoms with Gasteiger partial charge in [-0.25, -0.2) is 13.1 Å². The fraction of sp³-hybridized carbons (Fsp3) is 0.222. The van der Waals surface area contributed by atoms with Crippen molar-refractivity contribution in [2.24, 2.45) is 0 Å². The van der Waals surface area contributed by atoms with Gasteiger partial charge in [0, 0.05) is 12.1 Å². The summed E-state index contributed by atoms with van der Waals surface area (Å²) in [6, 6.07) is 14.4. The number of hydrogen-bond donors (Lipinski definition) is 2. The number of nitrogens with zero attached hydrogens (tertiary/aromatic N) is 1. The maximum absolute atomic E-state index is 12.4. The first-order valence-corrected chi connectivity index (χ1v) is 9.36. The van der Waals surface area contributed by atoms with Crippen molar-refractivity contribution in [3.8, 4) is 6.07 Å². The minimum absolute atomic E-state index is 0.0322. The van der Waals surface area contributed by atoms with Crippen molar-refractivity contribution in [2.45, 2.75) is 24.7 Å². The first-order chi connectivity index (χ1) is 12.0. The van der Waals surface area contributed by atoms with E-state index < -0.39 is 15.9 Å². The lowest BCUT2D eigenvalue weighted by atomic mass is 10.1. The van der Waals surface area contributed by atoms with Crippen LogP contribution in [-0.2, 0) is 10.0 Å². The molecule has 2 aromatic rings. The minimum Gasteiger partial charge on any atom is -0.321 e. The fourth-order valence-electron chi connectivity index (χ4n) is 2.16. The molecule has 0 atom stereocenters. The molecule has 0 aliphatic heterocycles. The number of anilines is 1. The maximum Gasteiger partial charge on any atom is 0.255 e. The number of benzene rings is 2. The number of carbonyl (C=O) groups excluding carboxylic acids is 1. The monoisotopic (exact) mass is 357 g/mol. The predicted molar refractivity (Wildman–Crippen MR) is 95.6 cm³/mol. The second-order valence-corrected chi connectivity index (χ2v) is 7.16. The molecule has 1 amide bonds. The molecule has 0 spiro atoms. The average molecular weight is 357 g/mol. The molecule has 2 rings (SSSR count). The summed E-state index contributed by atoms with van der Waals surface area (Å²) < 4.78 is 27.0. The van der Waals surface area contributed by atoms with Gasteiger partial charge in [-0.15, -0.1) is 0 Å². The number of para-hydroxylation sites is 1. The highest BCUT2D eigenvalue weighted by molar-refractivity contribution is 7.89. The minimum atomic E-state index is -3.66. The first-order valence-electron chi connectivity index (χ1n) is 7.88. The summed E-state index contributed by atoms with van der Waals surface area (Å²) >= 11 is 0. The van der Waals surface area contributed by atoms with Gasteiger partial charge in [0.15, 0.2) is 0 Å². The van der Waals surface area contributed by atoms with Crippen molar-refractivity contribution in [3.05, 3.63) is 59.7 Å². The third-order valence-corrected chi connectivity index (χ3v) is 4.98. The second kappa shape index (κ2) is 8.42. The molecule has 7 heteroatoms. The molecule has 0 fully saturated rings. The lowest BCUT2D eigenvalue weighted by molar-refractivity contribution is 0.102. The van der Waals surface area contributed by atoms with E-state index in [-0.39, 0.29) is 10.5 Å². The molecule has 0 aliphatic carbocycles. The van der Waals surface area contributed by atoms with Gasteiger partial charge in [-0.1, -0.05) is 31.5 Å². The van der Waals surface area contributed by atoms with Crippen LogP contribution in [0.15, 0.2) is 53.4 Å². The Morgan fingerprint density at radius 2 is 1.92 bits per heavy atom. The van der Waals surface area contributed by atoms with E-state index in [4.69, 9.17) is 5.26 Å². The highest BCUT2D eigenvalue weighted by atomic mass is 32.2. The van der Waals surface area contributed by atoms with E-state index in [1.54, 1.807) is 24.3 Å². The van der Waals surface area contributed by atoms with E-state index >= 15 is 0 Å². The number of sulfonamides is 1. The molecular weight excluding hydrogens is 338 g/mol. The fourth-order valence-corrected chi connectivity index (χ4v) is 3.27. The summed E-state index contributed by atoms with van der Waals surface area (Å²) in [7, 11) is -3.66. The first kappa shape index (κ1) is 18.6. The summed E-state index contributed by atoms with van der Waals surface area (Å²) in [5.41, 5.74) is 0.913. The van der Waals surface area contributed by atoms with Gasteiger partial charge >= 0.3 is 0 Å². The zero-order valence-electron chi connectivity index (χ0n) is 13.8. The van der Waals surface area contributed by atoms with Crippen LogP contribution in [0.2, 0.25) is 0 Å². The number of rotatable bonds is 7. The standard InChI is InChI=1S/C18H19N3O3S/c1-2-3-11-20-25(23,24)16-9-6-8-14(12-16)18(22)21-17-10-5-4-7-15(17)13-19/h4-10,12,20H,2-3,11H2,1H3,(H,21,22). The summed E-state index contributed by atoms with van der Waals surface area (Å²) in [5.74, 6) is -0.478. The summed E-state index contributed by atoms with van der Waals surface area (Å²) in [4.78, 5) is 12.4. The van der Waals surface area contributed by atoms with Gasteiger partial charge in [-0.05, 0) is 36.8 Å². The van der Waals surface area contributed by atoms with Crippen LogP contribution in [0.3, 0.4) is 0 Å². The van der Waals surface area contributed by atoms with E-state index in [0.29, 0.717) is 17.8 Å². The van der Waals surface area contributed by atoms with Gasteiger partial charge in [0.25, 0.3) is 5.91 Å². The molecule has 6 nitrogen and oxygen atoms in total. The van der Waals surface area contributed by atoms with E-state index in [9.17, 15) is 13.2 Å². The predicted octanol–water partition coefficient (Wildman–Crippen LogP) is 2.89.